The van der Waals surface area contributed by atoms with E-state index >= 15 is 0 Å². The molecule has 1 aromatic heterocycles. The van der Waals surface area contributed by atoms with E-state index in [4.69, 9.17) is 21.6 Å². The maximum Gasteiger partial charge on any atom is 0.102 e. The Morgan fingerprint density at radius 2 is 2.11 bits per heavy atom. The Kier molecular flexibility index (Phi) is 3.24. The van der Waals surface area contributed by atoms with Crippen LogP contribution in [0, 0.1) is 11.3 Å². The molecular weight excluding hydrogens is 262 g/mol. The Hall–Kier alpha value is -1.83. The number of rotatable bonds is 1. The normalized spacial score (nSPS) is 15.5. The molecule has 1 aromatic carbocycles. The first-order valence-corrected chi connectivity index (χ1v) is 6.48. The number of pyridine rings is 1. The van der Waals surface area contributed by atoms with Crippen molar-refractivity contribution >= 4 is 28.2 Å². The maximum absolute atomic E-state index is 8.99. The summed E-state index contributed by atoms with van der Waals surface area (Å²) in [6.45, 7) is 3.22. The molecule has 5 heteroatoms. The zero-order valence-corrected chi connectivity index (χ0v) is 11.0. The molecular formula is C14H12ClN3O. The fourth-order valence-electron chi connectivity index (χ4n) is 2.24. The van der Waals surface area contributed by atoms with Gasteiger partial charge in [0.05, 0.1) is 29.3 Å². The molecule has 1 aliphatic rings. The molecule has 96 valence electrons. The molecule has 4 nitrogen and oxygen atoms in total. The summed E-state index contributed by atoms with van der Waals surface area (Å²) in [5, 5.41) is 10.3. The van der Waals surface area contributed by atoms with Gasteiger partial charge in [-0.1, -0.05) is 11.6 Å². The van der Waals surface area contributed by atoms with Gasteiger partial charge in [0.1, 0.15) is 6.07 Å². The number of anilines is 1. The summed E-state index contributed by atoms with van der Waals surface area (Å²) in [7, 11) is 0. The van der Waals surface area contributed by atoms with E-state index in [1.54, 1.807) is 0 Å². The van der Waals surface area contributed by atoms with Crippen molar-refractivity contribution in [2.45, 2.75) is 0 Å². The van der Waals surface area contributed by atoms with Crippen molar-refractivity contribution in [2.24, 2.45) is 0 Å². The second-order valence-corrected chi connectivity index (χ2v) is 4.78. The highest BCUT2D eigenvalue weighted by atomic mass is 35.5. The molecule has 0 aliphatic carbocycles. The molecule has 1 fully saturated rings. The maximum atomic E-state index is 8.99. The van der Waals surface area contributed by atoms with Crippen LogP contribution >= 0.6 is 11.6 Å². The third-order valence-electron chi connectivity index (χ3n) is 3.28. The largest absolute Gasteiger partial charge is 0.378 e. The smallest absolute Gasteiger partial charge is 0.102 e. The summed E-state index contributed by atoms with van der Waals surface area (Å²) in [5.41, 5.74) is 2.31. The second kappa shape index (κ2) is 5.04. The first kappa shape index (κ1) is 12.2. The Morgan fingerprint density at radius 3 is 2.84 bits per heavy atom. The molecule has 0 unspecified atom stereocenters. The lowest BCUT2D eigenvalue weighted by molar-refractivity contribution is 0.122. The fraction of sp³-hybridized carbons (Fsp3) is 0.286. The minimum absolute atomic E-state index is 0.410. The summed E-state index contributed by atoms with van der Waals surface area (Å²) in [6, 6.07) is 8.02. The van der Waals surface area contributed by atoms with Gasteiger partial charge < -0.3 is 9.64 Å². The van der Waals surface area contributed by atoms with Crippen molar-refractivity contribution in [3.8, 4) is 6.07 Å². The average molecular weight is 274 g/mol. The zero-order valence-electron chi connectivity index (χ0n) is 10.3. The van der Waals surface area contributed by atoms with Gasteiger partial charge in [-0.05, 0) is 18.2 Å². The highest BCUT2D eigenvalue weighted by Gasteiger charge is 2.13. The lowest BCUT2D eigenvalue weighted by Gasteiger charge is -2.29. The van der Waals surface area contributed by atoms with Crippen LogP contribution in [0.2, 0.25) is 5.02 Å². The van der Waals surface area contributed by atoms with Gasteiger partial charge in [-0.15, -0.1) is 0 Å². The molecule has 3 rings (SSSR count). The van der Waals surface area contributed by atoms with Crippen LogP contribution in [0.5, 0.6) is 0 Å². The summed E-state index contributed by atoms with van der Waals surface area (Å²) >= 11 is 6.25. The number of halogens is 1. The third kappa shape index (κ3) is 2.23. The van der Waals surface area contributed by atoms with Gasteiger partial charge >= 0.3 is 0 Å². The molecule has 0 saturated carbocycles. The highest BCUT2D eigenvalue weighted by molar-refractivity contribution is 6.36. The number of fused-ring (bicyclic) bond motifs is 1. The van der Waals surface area contributed by atoms with E-state index in [1.165, 1.54) is 6.20 Å². The predicted octanol–water partition coefficient (Wildman–Crippen LogP) is 2.60. The second-order valence-electron chi connectivity index (χ2n) is 4.40. The van der Waals surface area contributed by atoms with Gasteiger partial charge in [0, 0.05) is 30.4 Å². The molecule has 1 aliphatic heterocycles. The summed E-state index contributed by atoms with van der Waals surface area (Å²) < 4.78 is 5.35. The Labute approximate surface area is 116 Å². The molecule has 2 heterocycles. The molecule has 0 radical (unpaired) electrons. The van der Waals surface area contributed by atoms with E-state index in [0.717, 1.165) is 42.9 Å². The highest BCUT2D eigenvalue weighted by Crippen LogP contribution is 2.29. The van der Waals surface area contributed by atoms with Crippen LogP contribution in [0.4, 0.5) is 5.69 Å². The number of nitrogens with zero attached hydrogens (tertiary/aromatic N) is 3. The van der Waals surface area contributed by atoms with Crippen molar-refractivity contribution < 1.29 is 4.74 Å². The van der Waals surface area contributed by atoms with Crippen molar-refractivity contribution in [1.82, 2.24) is 4.98 Å². The van der Waals surface area contributed by atoms with Crippen LogP contribution in [-0.4, -0.2) is 31.3 Å². The standard InChI is InChI=1S/C14H12ClN3O/c15-14-10(8-16)9-17-13-2-1-11(7-12(13)14)18-3-5-19-6-4-18/h1-2,7,9H,3-6H2. The lowest BCUT2D eigenvalue weighted by atomic mass is 10.1. The van der Waals surface area contributed by atoms with Crippen LogP contribution in [0.15, 0.2) is 24.4 Å². The summed E-state index contributed by atoms with van der Waals surface area (Å²) in [6.07, 6.45) is 1.51. The number of morpholine rings is 1. The zero-order chi connectivity index (χ0) is 13.2. The Balaban J connectivity index is 2.08. The first-order chi connectivity index (χ1) is 9.29. The number of nitriles is 1. The average Bonchev–Trinajstić information content (AvgIpc) is 2.48. The van der Waals surface area contributed by atoms with Gasteiger partial charge in [-0.2, -0.15) is 5.26 Å². The van der Waals surface area contributed by atoms with E-state index in [2.05, 4.69) is 16.0 Å². The van der Waals surface area contributed by atoms with E-state index in [-0.39, 0.29) is 0 Å². The minimum atomic E-state index is 0.410. The monoisotopic (exact) mass is 273 g/mol. The molecule has 19 heavy (non-hydrogen) atoms. The predicted molar refractivity (Wildman–Crippen MR) is 74.5 cm³/mol. The van der Waals surface area contributed by atoms with Crippen molar-refractivity contribution in [3.05, 3.63) is 35.0 Å². The van der Waals surface area contributed by atoms with Gasteiger partial charge in [0.2, 0.25) is 0 Å². The topological polar surface area (TPSA) is 49.2 Å². The summed E-state index contributed by atoms with van der Waals surface area (Å²) in [5.74, 6) is 0. The van der Waals surface area contributed by atoms with E-state index in [1.807, 2.05) is 18.2 Å². The molecule has 0 bridgehead atoms. The molecule has 0 spiro atoms. The number of hydrogen-bond acceptors (Lipinski definition) is 4. The number of ether oxygens (including phenoxy) is 1. The van der Waals surface area contributed by atoms with Gasteiger partial charge in [0.15, 0.2) is 0 Å². The Bertz CT molecular complexity index is 660. The van der Waals surface area contributed by atoms with Gasteiger partial charge in [-0.3, -0.25) is 4.98 Å². The van der Waals surface area contributed by atoms with Crippen molar-refractivity contribution in [2.75, 3.05) is 31.2 Å². The van der Waals surface area contributed by atoms with E-state index < -0.39 is 0 Å². The fourth-order valence-corrected chi connectivity index (χ4v) is 2.49. The van der Waals surface area contributed by atoms with Crippen LogP contribution in [0.25, 0.3) is 10.9 Å². The van der Waals surface area contributed by atoms with E-state index in [9.17, 15) is 0 Å². The van der Waals surface area contributed by atoms with Crippen LogP contribution in [-0.2, 0) is 4.74 Å². The third-order valence-corrected chi connectivity index (χ3v) is 3.69. The van der Waals surface area contributed by atoms with Gasteiger partial charge in [0.25, 0.3) is 0 Å². The van der Waals surface area contributed by atoms with Crippen LogP contribution < -0.4 is 4.90 Å². The number of aromatic nitrogens is 1. The molecule has 0 atom stereocenters. The minimum Gasteiger partial charge on any atom is -0.378 e. The number of benzene rings is 1. The Morgan fingerprint density at radius 1 is 1.32 bits per heavy atom. The lowest BCUT2D eigenvalue weighted by Crippen LogP contribution is -2.36. The molecule has 0 amide bonds. The van der Waals surface area contributed by atoms with Crippen molar-refractivity contribution in [1.29, 1.82) is 5.26 Å². The summed E-state index contributed by atoms with van der Waals surface area (Å²) in [4.78, 5) is 6.50. The SMILES string of the molecule is N#Cc1cnc2ccc(N3CCOCC3)cc2c1Cl. The number of hydrogen-bond donors (Lipinski definition) is 0. The van der Waals surface area contributed by atoms with E-state index in [0.29, 0.717) is 10.6 Å². The quantitative estimate of drug-likeness (QED) is 0.801. The molecule has 1 saturated heterocycles. The first-order valence-electron chi connectivity index (χ1n) is 6.10. The molecule has 0 N–H and O–H groups in total. The van der Waals surface area contributed by atoms with Crippen LogP contribution in [0.3, 0.4) is 0 Å². The van der Waals surface area contributed by atoms with Crippen molar-refractivity contribution in [3.63, 3.8) is 0 Å². The van der Waals surface area contributed by atoms with Crippen LogP contribution in [0.1, 0.15) is 5.56 Å². The molecule has 2 aromatic rings. The van der Waals surface area contributed by atoms with Gasteiger partial charge in [-0.25, -0.2) is 0 Å².